The second-order valence-corrected chi connectivity index (χ2v) is 6.95. The number of hydrogen-bond donors (Lipinski definition) is 1. The van der Waals surface area contributed by atoms with E-state index >= 15 is 0 Å². The first-order chi connectivity index (χ1) is 10.5. The van der Waals surface area contributed by atoms with Crippen molar-refractivity contribution in [3.05, 3.63) is 57.5 Å². The van der Waals surface area contributed by atoms with Gasteiger partial charge in [0, 0.05) is 10.9 Å². The van der Waals surface area contributed by atoms with Crippen molar-refractivity contribution in [2.75, 3.05) is 6.54 Å². The van der Waals surface area contributed by atoms with Gasteiger partial charge in [0.2, 0.25) is 0 Å². The SMILES string of the molecule is Cc1ccc(C(=O)N(CC(O)c2ccc(F)cc2)C2CC2)s1. The van der Waals surface area contributed by atoms with Crippen molar-refractivity contribution in [3.63, 3.8) is 0 Å². The minimum absolute atomic E-state index is 0.0261. The summed E-state index contributed by atoms with van der Waals surface area (Å²) < 4.78 is 13.0. The second-order valence-electron chi connectivity index (χ2n) is 5.67. The van der Waals surface area contributed by atoms with Crippen LogP contribution in [0.1, 0.15) is 39.1 Å². The highest BCUT2D eigenvalue weighted by molar-refractivity contribution is 7.13. The zero-order valence-electron chi connectivity index (χ0n) is 12.3. The summed E-state index contributed by atoms with van der Waals surface area (Å²) in [7, 11) is 0. The zero-order valence-corrected chi connectivity index (χ0v) is 13.1. The normalized spacial score (nSPS) is 15.6. The molecule has 0 bridgehead atoms. The number of benzene rings is 1. The maximum Gasteiger partial charge on any atom is 0.264 e. The van der Waals surface area contributed by atoms with Crippen LogP contribution in [-0.2, 0) is 0 Å². The average Bonchev–Trinajstić information content (AvgIpc) is 3.25. The van der Waals surface area contributed by atoms with Crippen LogP contribution in [0.5, 0.6) is 0 Å². The molecule has 3 rings (SSSR count). The number of carbonyl (C=O) groups is 1. The van der Waals surface area contributed by atoms with Crippen LogP contribution in [0.25, 0.3) is 0 Å². The summed E-state index contributed by atoms with van der Waals surface area (Å²) in [4.78, 5) is 16.2. The lowest BCUT2D eigenvalue weighted by Crippen LogP contribution is -2.36. The van der Waals surface area contributed by atoms with Crippen LogP contribution in [-0.4, -0.2) is 28.5 Å². The van der Waals surface area contributed by atoms with E-state index in [1.165, 1.54) is 23.5 Å². The van der Waals surface area contributed by atoms with Crippen molar-refractivity contribution in [2.45, 2.75) is 31.9 Å². The Morgan fingerprint density at radius 3 is 2.55 bits per heavy atom. The lowest BCUT2D eigenvalue weighted by atomic mass is 10.1. The van der Waals surface area contributed by atoms with Crippen LogP contribution in [0.2, 0.25) is 0 Å². The first kappa shape index (κ1) is 15.2. The first-order valence-electron chi connectivity index (χ1n) is 7.35. The molecule has 0 aliphatic heterocycles. The summed E-state index contributed by atoms with van der Waals surface area (Å²) in [5, 5.41) is 10.3. The summed E-state index contributed by atoms with van der Waals surface area (Å²) in [6.45, 7) is 2.21. The fourth-order valence-electron chi connectivity index (χ4n) is 2.45. The lowest BCUT2D eigenvalue weighted by molar-refractivity contribution is 0.0607. The topological polar surface area (TPSA) is 40.5 Å². The molecule has 1 fully saturated rings. The molecule has 1 N–H and O–H groups in total. The van der Waals surface area contributed by atoms with Crippen LogP contribution in [0.15, 0.2) is 36.4 Å². The number of hydrogen-bond acceptors (Lipinski definition) is 3. The van der Waals surface area contributed by atoms with Gasteiger partial charge in [0.05, 0.1) is 17.5 Å². The number of halogens is 1. The van der Waals surface area contributed by atoms with Crippen LogP contribution in [0, 0.1) is 12.7 Å². The van der Waals surface area contributed by atoms with Gasteiger partial charge in [-0.25, -0.2) is 4.39 Å². The molecular weight excluding hydrogens is 301 g/mol. The van der Waals surface area contributed by atoms with Gasteiger partial charge in [0.1, 0.15) is 5.82 Å². The number of aryl methyl sites for hydroxylation is 1. The van der Waals surface area contributed by atoms with E-state index in [4.69, 9.17) is 0 Å². The Morgan fingerprint density at radius 1 is 1.32 bits per heavy atom. The third-order valence-corrected chi connectivity index (χ3v) is 4.81. The predicted molar refractivity (Wildman–Crippen MR) is 84.5 cm³/mol. The van der Waals surface area contributed by atoms with Gasteiger partial charge in [-0.2, -0.15) is 0 Å². The van der Waals surface area contributed by atoms with E-state index in [0.717, 1.165) is 17.7 Å². The molecule has 0 radical (unpaired) electrons. The molecule has 1 aliphatic rings. The van der Waals surface area contributed by atoms with Crippen molar-refractivity contribution in [2.24, 2.45) is 0 Å². The number of carbonyl (C=O) groups excluding carboxylic acids is 1. The van der Waals surface area contributed by atoms with Gasteiger partial charge in [0.15, 0.2) is 0 Å². The average molecular weight is 319 g/mol. The lowest BCUT2D eigenvalue weighted by Gasteiger charge is -2.25. The molecule has 5 heteroatoms. The first-order valence-corrected chi connectivity index (χ1v) is 8.17. The van der Waals surface area contributed by atoms with Crippen molar-refractivity contribution < 1.29 is 14.3 Å². The number of thiophene rings is 1. The maximum atomic E-state index is 13.0. The molecule has 1 aliphatic carbocycles. The fraction of sp³-hybridized carbons (Fsp3) is 0.353. The minimum Gasteiger partial charge on any atom is -0.387 e. The Morgan fingerprint density at radius 2 is 2.00 bits per heavy atom. The van der Waals surface area contributed by atoms with Gasteiger partial charge in [0.25, 0.3) is 5.91 Å². The molecule has 1 aromatic heterocycles. The smallest absolute Gasteiger partial charge is 0.264 e. The molecule has 1 heterocycles. The third-order valence-electron chi connectivity index (χ3n) is 3.82. The minimum atomic E-state index is -0.800. The summed E-state index contributed by atoms with van der Waals surface area (Å²) in [5.41, 5.74) is 0.627. The van der Waals surface area contributed by atoms with E-state index in [1.54, 1.807) is 17.0 Å². The molecule has 0 saturated heterocycles. The maximum absolute atomic E-state index is 13.0. The quantitative estimate of drug-likeness (QED) is 0.916. The Balaban J connectivity index is 1.74. The fourth-order valence-corrected chi connectivity index (χ4v) is 3.28. The summed E-state index contributed by atoms with van der Waals surface area (Å²) in [6.07, 6.45) is 1.16. The van der Waals surface area contributed by atoms with Crippen LogP contribution in [0.3, 0.4) is 0 Å². The number of rotatable bonds is 5. The predicted octanol–water partition coefficient (Wildman–Crippen LogP) is 3.53. The molecule has 22 heavy (non-hydrogen) atoms. The highest BCUT2D eigenvalue weighted by Gasteiger charge is 2.34. The van der Waals surface area contributed by atoms with Crippen molar-refractivity contribution in [3.8, 4) is 0 Å². The summed E-state index contributed by atoms with van der Waals surface area (Å²) >= 11 is 1.47. The largest absolute Gasteiger partial charge is 0.387 e. The standard InChI is InChI=1S/C17H18FNO2S/c1-11-2-9-16(22-11)17(21)19(14-7-8-14)10-15(20)12-3-5-13(18)6-4-12/h2-6,9,14-15,20H,7-8,10H2,1H3. The molecule has 1 amide bonds. The number of aliphatic hydroxyl groups excluding tert-OH is 1. The van der Waals surface area contributed by atoms with Crippen LogP contribution < -0.4 is 0 Å². The van der Waals surface area contributed by atoms with Crippen molar-refractivity contribution in [1.29, 1.82) is 0 Å². The zero-order chi connectivity index (χ0) is 15.7. The molecule has 3 nitrogen and oxygen atoms in total. The molecule has 1 unspecified atom stereocenters. The molecule has 1 atom stereocenters. The molecule has 116 valence electrons. The molecular formula is C17H18FNO2S. The Bertz CT molecular complexity index is 664. The van der Waals surface area contributed by atoms with Gasteiger partial charge in [-0.05, 0) is 49.6 Å². The van der Waals surface area contributed by atoms with E-state index in [0.29, 0.717) is 10.4 Å². The number of aliphatic hydroxyl groups is 1. The van der Waals surface area contributed by atoms with E-state index in [-0.39, 0.29) is 24.3 Å². The number of amides is 1. The Kier molecular flexibility index (Phi) is 4.27. The second kappa shape index (κ2) is 6.18. The summed E-state index contributed by atoms with van der Waals surface area (Å²) in [5.74, 6) is -0.359. The van der Waals surface area contributed by atoms with E-state index in [9.17, 15) is 14.3 Å². The Hall–Kier alpha value is -1.72. The van der Waals surface area contributed by atoms with Crippen LogP contribution >= 0.6 is 11.3 Å². The van der Waals surface area contributed by atoms with Gasteiger partial charge in [-0.3, -0.25) is 4.79 Å². The Labute approximate surface area is 133 Å². The molecule has 0 spiro atoms. The van der Waals surface area contributed by atoms with E-state index in [1.807, 2.05) is 19.1 Å². The monoisotopic (exact) mass is 319 g/mol. The van der Waals surface area contributed by atoms with Crippen molar-refractivity contribution in [1.82, 2.24) is 4.90 Å². The van der Waals surface area contributed by atoms with Gasteiger partial charge >= 0.3 is 0 Å². The number of nitrogens with zero attached hydrogens (tertiary/aromatic N) is 1. The van der Waals surface area contributed by atoms with Crippen molar-refractivity contribution >= 4 is 17.2 Å². The van der Waals surface area contributed by atoms with Gasteiger partial charge in [-0.15, -0.1) is 11.3 Å². The highest BCUT2D eigenvalue weighted by atomic mass is 32.1. The molecule has 1 saturated carbocycles. The highest BCUT2D eigenvalue weighted by Crippen LogP contribution is 2.31. The van der Waals surface area contributed by atoms with Gasteiger partial charge in [-0.1, -0.05) is 12.1 Å². The van der Waals surface area contributed by atoms with E-state index < -0.39 is 6.10 Å². The molecule has 2 aromatic rings. The van der Waals surface area contributed by atoms with Gasteiger partial charge < -0.3 is 10.0 Å². The third kappa shape index (κ3) is 3.36. The van der Waals surface area contributed by atoms with E-state index in [2.05, 4.69) is 0 Å². The van der Waals surface area contributed by atoms with Crippen LogP contribution in [0.4, 0.5) is 4.39 Å². The summed E-state index contributed by atoms with van der Waals surface area (Å²) in [6, 6.07) is 9.75. The molecule has 1 aromatic carbocycles.